The van der Waals surface area contributed by atoms with Crippen LogP contribution in [0.2, 0.25) is 0 Å². The molecule has 0 atom stereocenters. The molecule has 0 aliphatic heterocycles. The first-order valence-electron chi connectivity index (χ1n) is 10.1. The average molecular weight is 421 g/mol. The minimum Gasteiger partial charge on any atom is -0.467 e. The standard InChI is InChI=1S/C24H27N3O4/c1-17(2)26-24(29)27-21-9-4-8-20(13-21)23(28)25-14-18-6-3-7-19(12-18)15-30-16-22-10-5-11-31-22/h3-13,17H,14-16H2,1-2H3,(H,25,28)(H2,26,27,29). The van der Waals surface area contributed by atoms with E-state index in [0.717, 1.165) is 16.9 Å². The first kappa shape index (κ1) is 22.1. The van der Waals surface area contributed by atoms with Crippen molar-refractivity contribution >= 4 is 17.6 Å². The van der Waals surface area contributed by atoms with Crippen molar-refractivity contribution < 1.29 is 18.7 Å². The maximum atomic E-state index is 12.5. The number of hydrogen-bond acceptors (Lipinski definition) is 4. The van der Waals surface area contributed by atoms with Crippen molar-refractivity contribution in [1.29, 1.82) is 0 Å². The molecule has 162 valence electrons. The van der Waals surface area contributed by atoms with Crippen molar-refractivity contribution in [3.63, 3.8) is 0 Å². The SMILES string of the molecule is CC(C)NC(=O)Nc1cccc(C(=O)NCc2cccc(COCc3ccco3)c2)c1. The summed E-state index contributed by atoms with van der Waals surface area (Å²) in [5, 5.41) is 8.39. The Morgan fingerprint density at radius 1 is 0.968 bits per heavy atom. The number of carbonyl (C=O) groups is 2. The van der Waals surface area contributed by atoms with Crippen molar-refractivity contribution in [1.82, 2.24) is 10.6 Å². The second-order valence-corrected chi connectivity index (χ2v) is 7.41. The van der Waals surface area contributed by atoms with Crippen molar-refractivity contribution in [3.05, 3.63) is 89.4 Å². The highest BCUT2D eigenvalue weighted by molar-refractivity contribution is 5.96. The van der Waals surface area contributed by atoms with E-state index in [4.69, 9.17) is 9.15 Å². The number of benzene rings is 2. The van der Waals surface area contributed by atoms with Gasteiger partial charge < -0.3 is 25.1 Å². The van der Waals surface area contributed by atoms with Gasteiger partial charge in [-0.15, -0.1) is 0 Å². The van der Waals surface area contributed by atoms with Crippen LogP contribution in [0.4, 0.5) is 10.5 Å². The van der Waals surface area contributed by atoms with E-state index in [-0.39, 0.29) is 18.0 Å². The van der Waals surface area contributed by atoms with Crippen molar-refractivity contribution in [2.75, 3.05) is 5.32 Å². The first-order chi connectivity index (χ1) is 15.0. The van der Waals surface area contributed by atoms with E-state index < -0.39 is 0 Å². The van der Waals surface area contributed by atoms with Crippen LogP contribution in [0.5, 0.6) is 0 Å². The summed E-state index contributed by atoms with van der Waals surface area (Å²) in [7, 11) is 0. The van der Waals surface area contributed by atoms with E-state index in [2.05, 4.69) is 16.0 Å². The molecule has 0 radical (unpaired) electrons. The molecule has 3 aromatic rings. The molecule has 0 saturated carbocycles. The van der Waals surface area contributed by atoms with Crippen molar-refractivity contribution in [2.45, 2.75) is 39.6 Å². The van der Waals surface area contributed by atoms with E-state index in [1.54, 1.807) is 30.5 Å². The van der Waals surface area contributed by atoms with Gasteiger partial charge >= 0.3 is 6.03 Å². The number of ether oxygens (including phenoxy) is 1. The second kappa shape index (κ2) is 11.0. The number of rotatable bonds is 9. The summed E-state index contributed by atoms with van der Waals surface area (Å²) in [5.74, 6) is 0.564. The fourth-order valence-electron chi connectivity index (χ4n) is 2.95. The molecule has 3 amide bonds. The Kier molecular flexibility index (Phi) is 7.84. The molecule has 0 bridgehead atoms. The minimum absolute atomic E-state index is 0.0257. The Morgan fingerprint density at radius 3 is 2.55 bits per heavy atom. The summed E-state index contributed by atoms with van der Waals surface area (Å²) in [5.41, 5.74) is 3.01. The normalized spacial score (nSPS) is 10.7. The van der Waals surface area contributed by atoms with Gasteiger partial charge in [-0.3, -0.25) is 4.79 Å². The molecular formula is C24H27N3O4. The Bertz CT molecular complexity index is 1000. The molecule has 7 heteroatoms. The van der Waals surface area contributed by atoms with Crippen molar-refractivity contribution in [3.8, 4) is 0 Å². The lowest BCUT2D eigenvalue weighted by Crippen LogP contribution is -2.34. The average Bonchev–Trinajstić information content (AvgIpc) is 3.25. The smallest absolute Gasteiger partial charge is 0.319 e. The highest BCUT2D eigenvalue weighted by Gasteiger charge is 2.09. The molecule has 3 N–H and O–H groups in total. The molecule has 0 aliphatic carbocycles. The maximum absolute atomic E-state index is 12.5. The van der Waals surface area contributed by atoms with Gasteiger partial charge in [-0.05, 0) is 55.3 Å². The number of carbonyl (C=O) groups excluding carboxylic acids is 2. The molecule has 1 heterocycles. The number of nitrogens with one attached hydrogen (secondary N) is 3. The largest absolute Gasteiger partial charge is 0.467 e. The van der Waals surface area contributed by atoms with E-state index in [9.17, 15) is 9.59 Å². The van der Waals surface area contributed by atoms with Gasteiger partial charge in [0.2, 0.25) is 0 Å². The van der Waals surface area contributed by atoms with E-state index >= 15 is 0 Å². The highest BCUT2D eigenvalue weighted by atomic mass is 16.5. The van der Waals surface area contributed by atoms with Gasteiger partial charge in [-0.25, -0.2) is 4.79 Å². The summed E-state index contributed by atoms with van der Waals surface area (Å²) < 4.78 is 10.9. The van der Waals surface area contributed by atoms with Crippen LogP contribution in [0.1, 0.15) is 41.1 Å². The Labute approximate surface area is 181 Å². The van der Waals surface area contributed by atoms with Crippen LogP contribution >= 0.6 is 0 Å². The van der Waals surface area contributed by atoms with E-state index in [0.29, 0.717) is 31.0 Å². The highest BCUT2D eigenvalue weighted by Crippen LogP contribution is 2.12. The van der Waals surface area contributed by atoms with Gasteiger partial charge in [-0.1, -0.05) is 30.3 Å². The number of anilines is 1. The van der Waals surface area contributed by atoms with Crippen LogP contribution in [-0.4, -0.2) is 18.0 Å². The van der Waals surface area contributed by atoms with Crippen LogP contribution < -0.4 is 16.0 Å². The molecule has 1 aromatic heterocycles. The van der Waals surface area contributed by atoms with Crippen LogP contribution in [0, 0.1) is 0 Å². The predicted molar refractivity (Wildman–Crippen MR) is 119 cm³/mol. The lowest BCUT2D eigenvalue weighted by Gasteiger charge is -2.11. The minimum atomic E-state index is -0.307. The zero-order valence-electron chi connectivity index (χ0n) is 17.7. The van der Waals surface area contributed by atoms with E-state index in [1.165, 1.54) is 0 Å². The molecule has 7 nitrogen and oxygen atoms in total. The van der Waals surface area contributed by atoms with Crippen LogP contribution in [0.3, 0.4) is 0 Å². The second-order valence-electron chi connectivity index (χ2n) is 7.41. The Morgan fingerprint density at radius 2 is 1.77 bits per heavy atom. The molecule has 2 aromatic carbocycles. The summed E-state index contributed by atoms with van der Waals surface area (Å²) in [6, 6.07) is 18.1. The Balaban J connectivity index is 1.51. The third kappa shape index (κ3) is 7.31. The van der Waals surface area contributed by atoms with E-state index in [1.807, 2.05) is 50.2 Å². The van der Waals surface area contributed by atoms with Gasteiger partial charge in [0.1, 0.15) is 12.4 Å². The molecule has 0 aliphatic rings. The van der Waals surface area contributed by atoms with Gasteiger partial charge in [0.25, 0.3) is 5.91 Å². The molecule has 0 unspecified atom stereocenters. The fraction of sp³-hybridized carbons (Fsp3) is 0.250. The van der Waals surface area contributed by atoms with Gasteiger partial charge in [0, 0.05) is 23.8 Å². The predicted octanol–water partition coefficient (Wildman–Crippen LogP) is 4.46. The summed E-state index contributed by atoms with van der Waals surface area (Å²) >= 11 is 0. The lowest BCUT2D eigenvalue weighted by molar-refractivity contribution is 0.0928. The zero-order valence-corrected chi connectivity index (χ0v) is 17.7. The molecule has 0 spiro atoms. The lowest BCUT2D eigenvalue weighted by atomic mass is 10.1. The summed E-state index contributed by atoms with van der Waals surface area (Å²) in [6.07, 6.45) is 1.62. The van der Waals surface area contributed by atoms with Gasteiger partial charge in [0.05, 0.1) is 12.9 Å². The molecule has 0 saturated heterocycles. The number of furan rings is 1. The van der Waals surface area contributed by atoms with Crippen LogP contribution in [0.25, 0.3) is 0 Å². The van der Waals surface area contributed by atoms with Crippen molar-refractivity contribution in [2.24, 2.45) is 0 Å². The topological polar surface area (TPSA) is 92.6 Å². The third-order valence-electron chi connectivity index (χ3n) is 4.34. The first-order valence-corrected chi connectivity index (χ1v) is 10.1. The summed E-state index contributed by atoms with van der Waals surface area (Å²) in [4.78, 5) is 24.4. The van der Waals surface area contributed by atoms with Crippen LogP contribution in [-0.2, 0) is 24.5 Å². The summed E-state index contributed by atoms with van der Waals surface area (Å²) in [6.45, 7) is 5.01. The van der Waals surface area contributed by atoms with Gasteiger partial charge in [0.15, 0.2) is 0 Å². The van der Waals surface area contributed by atoms with Gasteiger partial charge in [-0.2, -0.15) is 0 Å². The fourth-order valence-corrected chi connectivity index (χ4v) is 2.95. The molecular weight excluding hydrogens is 394 g/mol. The Hall–Kier alpha value is -3.58. The number of urea groups is 1. The number of hydrogen-bond donors (Lipinski definition) is 3. The molecule has 31 heavy (non-hydrogen) atoms. The zero-order chi connectivity index (χ0) is 22.1. The van der Waals surface area contributed by atoms with Crippen LogP contribution in [0.15, 0.2) is 71.3 Å². The third-order valence-corrected chi connectivity index (χ3v) is 4.34. The molecule has 0 fully saturated rings. The monoisotopic (exact) mass is 421 g/mol. The number of amides is 3. The molecule has 3 rings (SSSR count). The quantitative estimate of drug-likeness (QED) is 0.476. The maximum Gasteiger partial charge on any atom is 0.319 e.